The first-order chi connectivity index (χ1) is 11.4. The zero-order valence-electron chi connectivity index (χ0n) is 14.3. The second-order valence-corrected chi connectivity index (χ2v) is 8.81. The van der Waals surface area contributed by atoms with Crippen LogP contribution in [0.4, 0.5) is 0 Å². The predicted octanol–water partition coefficient (Wildman–Crippen LogP) is 3.03. The van der Waals surface area contributed by atoms with Gasteiger partial charge in [0.05, 0.1) is 18.4 Å². The van der Waals surface area contributed by atoms with E-state index in [4.69, 9.17) is 9.47 Å². The number of ether oxygens (including phenoxy) is 2. The summed E-state index contributed by atoms with van der Waals surface area (Å²) < 4.78 is 11.4. The van der Waals surface area contributed by atoms with Crippen molar-refractivity contribution in [2.75, 3.05) is 7.11 Å². The molecule has 1 aliphatic heterocycles. The third kappa shape index (κ3) is 1.32. The van der Waals surface area contributed by atoms with E-state index in [0.717, 1.165) is 32.1 Å². The first kappa shape index (κ1) is 14.7. The fraction of sp³-hybridized carbons (Fsp3) is 0.700. The smallest absolute Gasteiger partial charge is 0.316 e. The molecule has 4 fully saturated rings. The number of esters is 2. The van der Waals surface area contributed by atoms with Crippen LogP contribution < -0.4 is 0 Å². The van der Waals surface area contributed by atoms with Crippen molar-refractivity contribution >= 4 is 11.9 Å². The van der Waals surface area contributed by atoms with E-state index in [1.807, 2.05) is 13.0 Å². The second-order valence-electron chi connectivity index (χ2n) is 8.81. The zero-order valence-corrected chi connectivity index (χ0v) is 14.3. The maximum Gasteiger partial charge on any atom is 0.316 e. The van der Waals surface area contributed by atoms with Crippen molar-refractivity contribution in [1.82, 2.24) is 0 Å². The van der Waals surface area contributed by atoms with Gasteiger partial charge in [-0.05, 0) is 43.9 Å². The molecule has 0 aromatic carbocycles. The summed E-state index contributed by atoms with van der Waals surface area (Å²) in [5.41, 5.74) is -0.0783. The molecule has 4 heteroatoms. The molecule has 4 bridgehead atoms. The van der Waals surface area contributed by atoms with Gasteiger partial charge in [0.1, 0.15) is 5.60 Å². The molecular weight excluding hydrogens is 304 g/mol. The SMILES string of the molecule is C=C1C[C@]23C[C@H]1CCC2[C@@]12CC=CC(C)(C(=O)O1)C2[C@@H]3C(=O)OC. The number of hydrogen-bond acceptors (Lipinski definition) is 4. The molecule has 4 nitrogen and oxygen atoms in total. The average molecular weight is 328 g/mol. The highest BCUT2D eigenvalue weighted by Crippen LogP contribution is 2.77. The molecule has 24 heavy (non-hydrogen) atoms. The molecule has 0 N–H and O–H groups in total. The van der Waals surface area contributed by atoms with E-state index >= 15 is 0 Å². The zero-order chi connectivity index (χ0) is 16.9. The first-order valence-electron chi connectivity index (χ1n) is 9.06. The molecule has 3 saturated carbocycles. The Morgan fingerprint density at radius 3 is 2.96 bits per heavy atom. The Labute approximate surface area is 142 Å². The van der Waals surface area contributed by atoms with Crippen molar-refractivity contribution < 1.29 is 19.1 Å². The second kappa shape index (κ2) is 4.14. The molecule has 7 atom stereocenters. The van der Waals surface area contributed by atoms with Crippen molar-refractivity contribution in [2.24, 2.45) is 34.5 Å². The highest BCUT2D eigenvalue weighted by molar-refractivity contribution is 5.87. The summed E-state index contributed by atoms with van der Waals surface area (Å²) in [5, 5.41) is 0. The van der Waals surface area contributed by atoms with E-state index in [1.54, 1.807) is 0 Å². The summed E-state index contributed by atoms with van der Waals surface area (Å²) in [6.07, 6.45) is 8.82. The Kier molecular flexibility index (Phi) is 2.55. The van der Waals surface area contributed by atoms with Crippen molar-refractivity contribution in [1.29, 1.82) is 0 Å². The van der Waals surface area contributed by atoms with E-state index in [1.165, 1.54) is 12.7 Å². The number of carbonyl (C=O) groups excluding carboxylic acids is 2. The number of methoxy groups -OCH3 is 1. The highest BCUT2D eigenvalue weighted by atomic mass is 16.6. The van der Waals surface area contributed by atoms with Crippen molar-refractivity contribution in [3.63, 3.8) is 0 Å². The molecule has 0 amide bonds. The molecule has 1 spiro atoms. The largest absolute Gasteiger partial charge is 0.469 e. The van der Waals surface area contributed by atoms with Gasteiger partial charge in [-0.2, -0.15) is 0 Å². The lowest BCUT2D eigenvalue weighted by Gasteiger charge is -2.43. The molecule has 1 heterocycles. The number of rotatable bonds is 1. The van der Waals surface area contributed by atoms with Crippen LogP contribution in [0.5, 0.6) is 0 Å². The molecular formula is C20H24O4. The van der Waals surface area contributed by atoms with E-state index in [2.05, 4.69) is 12.7 Å². The van der Waals surface area contributed by atoms with E-state index in [0.29, 0.717) is 5.92 Å². The van der Waals surface area contributed by atoms with Gasteiger partial charge in [-0.25, -0.2) is 0 Å². The number of fused-ring (bicyclic) bond motifs is 1. The fourth-order valence-electron chi connectivity index (χ4n) is 7.35. The fourth-order valence-corrected chi connectivity index (χ4v) is 7.35. The topological polar surface area (TPSA) is 52.6 Å². The Morgan fingerprint density at radius 2 is 2.21 bits per heavy atom. The Hall–Kier alpha value is -1.58. The summed E-state index contributed by atoms with van der Waals surface area (Å²) in [6, 6.07) is 0. The van der Waals surface area contributed by atoms with E-state index in [-0.39, 0.29) is 35.1 Å². The van der Waals surface area contributed by atoms with Gasteiger partial charge >= 0.3 is 11.9 Å². The lowest BCUT2D eigenvalue weighted by Crippen LogP contribution is -2.45. The van der Waals surface area contributed by atoms with Crippen molar-refractivity contribution in [3.8, 4) is 0 Å². The van der Waals surface area contributed by atoms with Crippen LogP contribution in [0.1, 0.15) is 39.0 Å². The van der Waals surface area contributed by atoms with Crippen LogP contribution in [0, 0.1) is 34.5 Å². The third-order valence-electron chi connectivity index (χ3n) is 8.05. The van der Waals surface area contributed by atoms with Gasteiger partial charge in [0.2, 0.25) is 0 Å². The van der Waals surface area contributed by atoms with Crippen LogP contribution in [-0.2, 0) is 19.1 Å². The molecule has 0 radical (unpaired) electrons. The summed E-state index contributed by atoms with van der Waals surface area (Å²) >= 11 is 0. The summed E-state index contributed by atoms with van der Waals surface area (Å²) in [5.74, 6) is 0.0526. The highest BCUT2D eigenvalue weighted by Gasteiger charge is 2.81. The van der Waals surface area contributed by atoms with E-state index in [9.17, 15) is 9.59 Å². The predicted molar refractivity (Wildman–Crippen MR) is 86.7 cm³/mol. The van der Waals surface area contributed by atoms with Crippen LogP contribution >= 0.6 is 0 Å². The Morgan fingerprint density at radius 1 is 1.42 bits per heavy atom. The minimum atomic E-state index is -0.706. The maximum absolute atomic E-state index is 12.9. The first-order valence-corrected chi connectivity index (χ1v) is 9.06. The van der Waals surface area contributed by atoms with Crippen LogP contribution in [0.15, 0.2) is 24.3 Å². The van der Waals surface area contributed by atoms with Gasteiger partial charge in [-0.3, -0.25) is 9.59 Å². The van der Waals surface area contributed by atoms with Crippen LogP contribution in [0.2, 0.25) is 0 Å². The van der Waals surface area contributed by atoms with Gasteiger partial charge in [-0.1, -0.05) is 24.3 Å². The summed E-state index contributed by atoms with van der Waals surface area (Å²) in [7, 11) is 1.47. The van der Waals surface area contributed by atoms with Gasteiger partial charge in [0.15, 0.2) is 0 Å². The molecule has 0 aromatic heterocycles. The normalized spacial score (nSPS) is 53.6. The lowest BCUT2D eigenvalue weighted by atomic mass is 9.62. The van der Waals surface area contributed by atoms with Gasteiger partial charge < -0.3 is 9.47 Å². The molecule has 5 rings (SSSR count). The van der Waals surface area contributed by atoms with Gasteiger partial charge in [0.25, 0.3) is 0 Å². The molecule has 3 unspecified atom stereocenters. The van der Waals surface area contributed by atoms with Crippen molar-refractivity contribution in [3.05, 3.63) is 24.3 Å². The van der Waals surface area contributed by atoms with Crippen LogP contribution in [0.3, 0.4) is 0 Å². The minimum Gasteiger partial charge on any atom is -0.469 e. The summed E-state index contributed by atoms with van der Waals surface area (Å²) in [4.78, 5) is 25.7. The maximum atomic E-state index is 12.9. The number of carbonyl (C=O) groups is 2. The molecule has 4 aliphatic carbocycles. The molecule has 1 saturated heterocycles. The van der Waals surface area contributed by atoms with Crippen LogP contribution in [-0.4, -0.2) is 24.6 Å². The van der Waals surface area contributed by atoms with E-state index < -0.39 is 11.0 Å². The monoisotopic (exact) mass is 328 g/mol. The summed E-state index contributed by atoms with van der Waals surface area (Å²) in [6.45, 7) is 6.25. The molecule has 128 valence electrons. The lowest BCUT2D eigenvalue weighted by molar-refractivity contribution is -0.160. The molecule has 0 aromatic rings. The molecule has 5 aliphatic rings. The third-order valence-corrected chi connectivity index (χ3v) is 8.05. The standard InChI is InChI=1S/C20H24O4/c1-11-9-19-10-12(11)5-6-13(19)20-8-4-7-18(2,17(22)24-20)15(20)14(19)16(21)23-3/h4,7,12-15H,1,5-6,8-10H2,2-3H3/t12-,13?,14-,15?,18?,19+,20-/m1/s1. The quantitative estimate of drug-likeness (QED) is 0.548. The number of hydrogen-bond donors (Lipinski definition) is 0. The Bertz CT molecular complexity index is 708. The number of allylic oxidation sites excluding steroid dienone is 1. The van der Waals surface area contributed by atoms with Crippen molar-refractivity contribution in [2.45, 2.75) is 44.6 Å². The Balaban J connectivity index is 1.75. The van der Waals surface area contributed by atoms with Crippen LogP contribution in [0.25, 0.3) is 0 Å². The van der Waals surface area contributed by atoms with Gasteiger partial charge in [-0.15, -0.1) is 0 Å². The van der Waals surface area contributed by atoms with Gasteiger partial charge in [0, 0.05) is 18.3 Å². The average Bonchev–Trinajstić information content (AvgIpc) is 2.99. The minimum absolute atomic E-state index is 0.107.